The minimum atomic E-state index is -0.179. The van der Waals surface area contributed by atoms with Gasteiger partial charge in [-0.3, -0.25) is 9.59 Å². The highest BCUT2D eigenvalue weighted by atomic mass is 35.5. The van der Waals surface area contributed by atoms with Crippen molar-refractivity contribution >= 4 is 28.4 Å². The van der Waals surface area contributed by atoms with Crippen molar-refractivity contribution in [3.05, 3.63) is 75.3 Å². The lowest BCUT2D eigenvalue weighted by Crippen LogP contribution is -2.26. The summed E-state index contributed by atoms with van der Waals surface area (Å²) >= 11 is 5.93. The molecule has 0 spiro atoms. The van der Waals surface area contributed by atoms with E-state index in [4.69, 9.17) is 11.6 Å². The number of aryl methyl sites for hydroxylation is 1. The van der Waals surface area contributed by atoms with Crippen LogP contribution in [0.4, 0.5) is 0 Å². The van der Waals surface area contributed by atoms with E-state index >= 15 is 0 Å². The average Bonchev–Trinajstić information content (AvgIpc) is 2.60. The molecule has 0 bridgehead atoms. The maximum Gasteiger partial charge on any atom is 0.258 e. The van der Waals surface area contributed by atoms with Gasteiger partial charge in [0.2, 0.25) is 5.91 Å². The Hall–Kier alpha value is -2.66. The molecule has 0 saturated heterocycles. The van der Waals surface area contributed by atoms with Crippen molar-refractivity contribution in [1.29, 1.82) is 0 Å². The number of hydrogen-bond donors (Lipinski definition) is 2. The third kappa shape index (κ3) is 4.67. The molecule has 1 aromatic heterocycles. The van der Waals surface area contributed by atoms with Gasteiger partial charge < -0.3 is 10.3 Å². The highest BCUT2D eigenvalue weighted by molar-refractivity contribution is 6.30. The van der Waals surface area contributed by atoms with E-state index in [1.807, 2.05) is 30.3 Å². The number of amides is 1. The summed E-state index contributed by atoms with van der Waals surface area (Å²) in [6, 6.07) is 14.7. The van der Waals surface area contributed by atoms with E-state index in [1.165, 1.54) is 0 Å². The molecule has 0 aliphatic carbocycles. The smallest absolute Gasteiger partial charge is 0.258 e. The van der Waals surface area contributed by atoms with Crippen molar-refractivity contribution in [3.63, 3.8) is 0 Å². The lowest BCUT2D eigenvalue weighted by molar-refractivity contribution is -0.121. The molecule has 3 rings (SSSR count). The van der Waals surface area contributed by atoms with Crippen molar-refractivity contribution in [2.24, 2.45) is 0 Å². The molecule has 0 aliphatic rings. The second-order valence-corrected chi connectivity index (χ2v) is 6.20. The summed E-state index contributed by atoms with van der Waals surface area (Å²) in [6.07, 6.45) is 1.39. The molecule has 0 unspecified atom stereocenters. The van der Waals surface area contributed by atoms with E-state index in [2.05, 4.69) is 15.3 Å². The van der Waals surface area contributed by atoms with Crippen LogP contribution in [0.1, 0.15) is 17.8 Å². The van der Waals surface area contributed by atoms with Crippen LogP contribution < -0.4 is 10.9 Å². The fourth-order valence-corrected chi connectivity index (χ4v) is 2.83. The standard InChI is InChI=1S/C19H18ClN3O2/c20-14-5-3-4-13(12-14)10-11-21-18(24)9-8-17-22-16-7-2-1-6-15(16)19(25)23-17/h1-7,12H,8-11H2,(H,21,24)(H,22,23,25). The van der Waals surface area contributed by atoms with Crippen LogP contribution in [0.5, 0.6) is 0 Å². The van der Waals surface area contributed by atoms with Crippen LogP contribution in [-0.4, -0.2) is 22.4 Å². The Labute approximate surface area is 150 Å². The average molecular weight is 356 g/mol. The van der Waals surface area contributed by atoms with Gasteiger partial charge in [-0.15, -0.1) is 0 Å². The van der Waals surface area contributed by atoms with Gasteiger partial charge in [-0.25, -0.2) is 4.98 Å². The SMILES string of the molecule is O=C(CCc1nc2ccccc2c(=O)[nH]1)NCCc1cccc(Cl)c1. The molecule has 2 N–H and O–H groups in total. The molecule has 0 radical (unpaired) electrons. The first-order valence-electron chi connectivity index (χ1n) is 8.11. The number of para-hydroxylation sites is 1. The summed E-state index contributed by atoms with van der Waals surface area (Å²) in [4.78, 5) is 31.1. The molecule has 0 saturated carbocycles. The zero-order valence-corrected chi connectivity index (χ0v) is 14.3. The number of aromatic amines is 1. The third-order valence-electron chi connectivity index (χ3n) is 3.88. The monoisotopic (exact) mass is 355 g/mol. The van der Waals surface area contributed by atoms with Crippen LogP contribution in [0.15, 0.2) is 53.3 Å². The number of carbonyl (C=O) groups is 1. The van der Waals surface area contributed by atoms with Gasteiger partial charge in [0, 0.05) is 24.4 Å². The third-order valence-corrected chi connectivity index (χ3v) is 4.11. The van der Waals surface area contributed by atoms with Gasteiger partial charge in [0.25, 0.3) is 5.56 Å². The number of halogens is 1. The lowest BCUT2D eigenvalue weighted by Gasteiger charge is -2.06. The first-order chi connectivity index (χ1) is 12.1. The normalized spacial score (nSPS) is 10.8. The van der Waals surface area contributed by atoms with Crippen molar-refractivity contribution in [2.75, 3.05) is 6.54 Å². The fraction of sp³-hybridized carbons (Fsp3) is 0.211. The van der Waals surface area contributed by atoms with Crippen LogP contribution in [0, 0.1) is 0 Å². The number of fused-ring (bicyclic) bond motifs is 1. The van der Waals surface area contributed by atoms with Crippen molar-refractivity contribution in [1.82, 2.24) is 15.3 Å². The molecule has 0 fully saturated rings. The molecule has 3 aromatic rings. The molecule has 1 amide bonds. The number of H-pyrrole nitrogens is 1. The Morgan fingerprint density at radius 2 is 1.96 bits per heavy atom. The number of carbonyl (C=O) groups excluding carboxylic acids is 1. The Bertz CT molecular complexity index is 953. The van der Waals surface area contributed by atoms with Gasteiger partial charge >= 0.3 is 0 Å². The van der Waals surface area contributed by atoms with Crippen LogP contribution in [-0.2, 0) is 17.6 Å². The van der Waals surface area contributed by atoms with Crippen LogP contribution >= 0.6 is 11.6 Å². The highest BCUT2D eigenvalue weighted by Gasteiger charge is 2.06. The quantitative estimate of drug-likeness (QED) is 0.714. The predicted molar refractivity (Wildman–Crippen MR) is 98.9 cm³/mol. The summed E-state index contributed by atoms with van der Waals surface area (Å²) in [5, 5.41) is 4.11. The van der Waals surface area contributed by atoms with Crippen molar-refractivity contribution < 1.29 is 4.79 Å². The Morgan fingerprint density at radius 3 is 2.80 bits per heavy atom. The largest absolute Gasteiger partial charge is 0.356 e. The maximum atomic E-state index is 12.0. The Morgan fingerprint density at radius 1 is 1.12 bits per heavy atom. The molecule has 5 nitrogen and oxygen atoms in total. The van der Waals surface area contributed by atoms with E-state index in [1.54, 1.807) is 18.2 Å². The second kappa shape index (κ2) is 7.94. The topological polar surface area (TPSA) is 74.8 Å². The summed E-state index contributed by atoms with van der Waals surface area (Å²) in [6.45, 7) is 0.543. The molecule has 6 heteroatoms. The predicted octanol–water partition coefficient (Wildman–Crippen LogP) is 2.87. The van der Waals surface area contributed by atoms with Crippen LogP contribution in [0.25, 0.3) is 10.9 Å². The first-order valence-corrected chi connectivity index (χ1v) is 8.49. The Balaban J connectivity index is 1.51. The summed E-state index contributed by atoms with van der Waals surface area (Å²) in [5.41, 5.74) is 1.54. The number of benzene rings is 2. The fourth-order valence-electron chi connectivity index (χ4n) is 2.61. The van der Waals surface area contributed by atoms with Gasteiger partial charge in [0.05, 0.1) is 10.9 Å². The van der Waals surface area contributed by atoms with Crippen LogP contribution in [0.2, 0.25) is 5.02 Å². The van der Waals surface area contributed by atoms with E-state index in [9.17, 15) is 9.59 Å². The number of rotatable bonds is 6. The molecule has 1 heterocycles. The molecule has 25 heavy (non-hydrogen) atoms. The van der Waals surface area contributed by atoms with Gasteiger partial charge in [0.15, 0.2) is 0 Å². The highest BCUT2D eigenvalue weighted by Crippen LogP contribution is 2.10. The summed E-state index contributed by atoms with van der Waals surface area (Å²) in [5.74, 6) is 0.450. The van der Waals surface area contributed by atoms with Crippen molar-refractivity contribution in [3.8, 4) is 0 Å². The number of hydrogen-bond acceptors (Lipinski definition) is 3. The zero-order chi connectivity index (χ0) is 17.6. The van der Waals surface area contributed by atoms with E-state index in [0.717, 1.165) is 12.0 Å². The van der Waals surface area contributed by atoms with Gasteiger partial charge in [-0.05, 0) is 36.2 Å². The van der Waals surface area contributed by atoms with Gasteiger partial charge in [-0.1, -0.05) is 35.9 Å². The van der Waals surface area contributed by atoms with Crippen LogP contribution in [0.3, 0.4) is 0 Å². The number of nitrogens with zero attached hydrogens (tertiary/aromatic N) is 1. The second-order valence-electron chi connectivity index (χ2n) is 5.76. The molecule has 2 aromatic carbocycles. The molecule has 128 valence electrons. The van der Waals surface area contributed by atoms with Gasteiger partial charge in [-0.2, -0.15) is 0 Å². The van der Waals surface area contributed by atoms with E-state index in [-0.39, 0.29) is 17.9 Å². The zero-order valence-electron chi connectivity index (χ0n) is 13.6. The molecular formula is C19H18ClN3O2. The first kappa shape index (κ1) is 17.2. The number of nitrogens with one attached hydrogen (secondary N) is 2. The number of aromatic nitrogens is 2. The molecule has 0 aliphatic heterocycles. The van der Waals surface area contributed by atoms with E-state index in [0.29, 0.717) is 34.7 Å². The van der Waals surface area contributed by atoms with Crippen molar-refractivity contribution in [2.45, 2.75) is 19.3 Å². The lowest BCUT2D eigenvalue weighted by atomic mass is 10.1. The molecular weight excluding hydrogens is 338 g/mol. The van der Waals surface area contributed by atoms with E-state index < -0.39 is 0 Å². The minimum absolute atomic E-state index is 0.0714. The minimum Gasteiger partial charge on any atom is -0.356 e. The maximum absolute atomic E-state index is 12.0. The molecule has 0 atom stereocenters. The Kier molecular flexibility index (Phi) is 5.46. The summed E-state index contributed by atoms with van der Waals surface area (Å²) < 4.78 is 0. The summed E-state index contributed by atoms with van der Waals surface area (Å²) in [7, 11) is 0. The van der Waals surface area contributed by atoms with Gasteiger partial charge in [0.1, 0.15) is 5.82 Å².